The number of allylic oxidation sites excluding steroid dienone is 1. The zero-order valence-electron chi connectivity index (χ0n) is 21.1. The second-order valence-electron chi connectivity index (χ2n) is 8.49. The van der Waals surface area contributed by atoms with E-state index in [0.717, 1.165) is 0 Å². The van der Waals surface area contributed by atoms with E-state index in [1.807, 2.05) is 18.2 Å². The van der Waals surface area contributed by atoms with Crippen LogP contribution in [0.25, 0.3) is 0 Å². The van der Waals surface area contributed by atoms with Crippen molar-refractivity contribution in [1.82, 2.24) is 4.37 Å². The third-order valence-electron chi connectivity index (χ3n) is 6.13. The Morgan fingerprint density at radius 2 is 1.92 bits per heavy atom. The minimum absolute atomic E-state index is 0.0286. The SMILES string of the molecule is CCOC(=O)C1=C(C)Nc2snc(CCOC(=O)[C@H](OC)c3ccccc3)c2C1c1cccc([N+](=O)[O-])c1. The van der Waals surface area contributed by atoms with Crippen LogP contribution in [0.3, 0.4) is 0 Å². The molecule has 0 saturated heterocycles. The number of carbonyl (C=O) groups excluding carboxylic acids is 2. The summed E-state index contributed by atoms with van der Waals surface area (Å²) in [4.78, 5) is 36.8. The molecule has 0 fully saturated rings. The normalized spacial score (nSPS) is 15.3. The zero-order valence-corrected chi connectivity index (χ0v) is 21.9. The number of methoxy groups -OCH3 is 1. The molecule has 4 rings (SSSR count). The van der Waals surface area contributed by atoms with E-state index in [2.05, 4.69) is 9.69 Å². The monoisotopic (exact) mass is 537 g/mol. The van der Waals surface area contributed by atoms with Gasteiger partial charge in [0.25, 0.3) is 5.69 Å². The second-order valence-corrected chi connectivity index (χ2v) is 9.26. The first kappa shape index (κ1) is 27.0. The van der Waals surface area contributed by atoms with Crippen molar-refractivity contribution < 1.29 is 28.7 Å². The minimum atomic E-state index is -0.860. The van der Waals surface area contributed by atoms with Gasteiger partial charge in [0.2, 0.25) is 0 Å². The fourth-order valence-corrected chi connectivity index (χ4v) is 5.37. The Balaban J connectivity index is 1.63. The summed E-state index contributed by atoms with van der Waals surface area (Å²) in [7, 11) is 1.44. The van der Waals surface area contributed by atoms with Gasteiger partial charge in [-0.2, -0.15) is 4.37 Å². The molecule has 1 aliphatic rings. The predicted molar refractivity (Wildman–Crippen MR) is 141 cm³/mol. The maximum absolute atomic E-state index is 13.0. The molecule has 10 nitrogen and oxygen atoms in total. The van der Waals surface area contributed by atoms with Gasteiger partial charge in [-0.25, -0.2) is 9.59 Å². The molecule has 0 aliphatic carbocycles. The number of fused-ring (bicyclic) bond motifs is 1. The molecular formula is C27H27N3O7S. The van der Waals surface area contributed by atoms with E-state index in [0.29, 0.717) is 38.7 Å². The molecule has 11 heteroatoms. The van der Waals surface area contributed by atoms with E-state index in [1.54, 1.807) is 38.1 Å². The minimum Gasteiger partial charge on any atom is -0.463 e. The molecule has 2 atom stereocenters. The van der Waals surface area contributed by atoms with Crippen molar-refractivity contribution in [2.75, 3.05) is 25.6 Å². The number of nitrogens with zero attached hydrogens (tertiary/aromatic N) is 2. The molecule has 1 N–H and O–H groups in total. The Bertz CT molecular complexity index is 1370. The Morgan fingerprint density at radius 1 is 1.16 bits per heavy atom. The molecular weight excluding hydrogens is 510 g/mol. The number of benzene rings is 2. The van der Waals surface area contributed by atoms with Crippen LogP contribution in [0, 0.1) is 10.1 Å². The summed E-state index contributed by atoms with van der Waals surface area (Å²) in [6.07, 6.45) is -0.591. The Hall–Kier alpha value is -4.09. The van der Waals surface area contributed by atoms with E-state index < -0.39 is 28.9 Å². The van der Waals surface area contributed by atoms with Gasteiger partial charge in [0.05, 0.1) is 29.4 Å². The van der Waals surface area contributed by atoms with Gasteiger partial charge >= 0.3 is 11.9 Å². The molecule has 1 aromatic heterocycles. The third-order valence-corrected chi connectivity index (χ3v) is 6.95. The van der Waals surface area contributed by atoms with Crippen molar-refractivity contribution >= 4 is 34.2 Å². The van der Waals surface area contributed by atoms with Crippen LogP contribution in [0.15, 0.2) is 65.9 Å². The van der Waals surface area contributed by atoms with Crippen LogP contribution in [0.1, 0.15) is 48.3 Å². The number of esters is 2. The van der Waals surface area contributed by atoms with Gasteiger partial charge in [-0.1, -0.05) is 42.5 Å². The molecule has 1 aliphatic heterocycles. The summed E-state index contributed by atoms with van der Waals surface area (Å²) < 4.78 is 20.8. The number of carbonyl (C=O) groups is 2. The van der Waals surface area contributed by atoms with Crippen LogP contribution < -0.4 is 5.32 Å². The summed E-state index contributed by atoms with van der Waals surface area (Å²) in [5.41, 5.74) is 3.40. The van der Waals surface area contributed by atoms with Crippen molar-refractivity contribution in [3.8, 4) is 0 Å². The molecule has 38 heavy (non-hydrogen) atoms. The van der Waals surface area contributed by atoms with E-state index in [-0.39, 0.29) is 25.3 Å². The van der Waals surface area contributed by atoms with Gasteiger partial charge in [-0.05, 0) is 36.5 Å². The van der Waals surface area contributed by atoms with Crippen molar-refractivity contribution in [3.63, 3.8) is 0 Å². The van der Waals surface area contributed by atoms with Gasteiger partial charge in [0, 0.05) is 42.8 Å². The van der Waals surface area contributed by atoms with E-state index in [9.17, 15) is 19.7 Å². The molecule has 2 heterocycles. The number of nitrogens with one attached hydrogen (secondary N) is 1. The van der Waals surface area contributed by atoms with E-state index in [1.165, 1.54) is 30.8 Å². The fraction of sp³-hybridized carbons (Fsp3) is 0.296. The van der Waals surface area contributed by atoms with Crippen molar-refractivity contribution in [2.24, 2.45) is 0 Å². The number of nitro groups is 1. The van der Waals surface area contributed by atoms with Gasteiger partial charge in [0.1, 0.15) is 5.00 Å². The average Bonchev–Trinajstić information content (AvgIpc) is 3.31. The molecule has 0 bridgehead atoms. The van der Waals surface area contributed by atoms with Crippen molar-refractivity contribution in [1.29, 1.82) is 0 Å². The second kappa shape index (κ2) is 12.0. The number of ether oxygens (including phenoxy) is 3. The topological polar surface area (TPSA) is 130 Å². The van der Waals surface area contributed by atoms with Gasteiger partial charge < -0.3 is 19.5 Å². The summed E-state index contributed by atoms with van der Waals surface area (Å²) in [6.45, 7) is 3.68. The van der Waals surface area contributed by atoms with Crippen LogP contribution >= 0.6 is 11.5 Å². The molecule has 2 aromatic carbocycles. The lowest BCUT2D eigenvalue weighted by molar-refractivity contribution is -0.384. The fourth-order valence-electron chi connectivity index (χ4n) is 4.45. The van der Waals surface area contributed by atoms with E-state index in [4.69, 9.17) is 14.2 Å². The maximum Gasteiger partial charge on any atom is 0.339 e. The highest BCUT2D eigenvalue weighted by Gasteiger charge is 2.37. The van der Waals surface area contributed by atoms with Crippen LogP contribution in [-0.4, -0.2) is 41.6 Å². The van der Waals surface area contributed by atoms with Crippen LogP contribution in [0.2, 0.25) is 0 Å². The Labute approximate surface area is 223 Å². The number of hydrogen-bond acceptors (Lipinski definition) is 10. The van der Waals surface area contributed by atoms with Crippen molar-refractivity contribution in [2.45, 2.75) is 32.3 Å². The van der Waals surface area contributed by atoms with Crippen LogP contribution in [0.4, 0.5) is 10.7 Å². The number of rotatable bonds is 10. The molecule has 0 saturated carbocycles. The van der Waals surface area contributed by atoms with Gasteiger partial charge in [-0.3, -0.25) is 10.1 Å². The lowest BCUT2D eigenvalue weighted by atomic mass is 9.81. The molecule has 0 radical (unpaired) electrons. The Kier molecular flexibility index (Phi) is 8.49. The summed E-state index contributed by atoms with van der Waals surface area (Å²) in [5, 5.41) is 15.4. The molecule has 1 unspecified atom stereocenters. The smallest absolute Gasteiger partial charge is 0.339 e. The number of nitro benzene ring substituents is 1. The molecule has 0 amide bonds. The largest absolute Gasteiger partial charge is 0.463 e. The highest BCUT2D eigenvalue weighted by atomic mass is 32.1. The van der Waals surface area contributed by atoms with Gasteiger partial charge in [0.15, 0.2) is 6.10 Å². The van der Waals surface area contributed by atoms with Crippen LogP contribution in [0.5, 0.6) is 0 Å². The highest BCUT2D eigenvalue weighted by molar-refractivity contribution is 7.10. The lowest BCUT2D eigenvalue weighted by Crippen LogP contribution is -2.25. The molecule has 198 valence electrons. The lowest BCUT2D eigenvalue weighted by Gasteiger charge is -2.28. The standard InChI is InChI=1S/C27H27N3O7S/c1-4-36-26(31)21-16(2)28-25-23(22(21)18-11-8-12-19(15-18)30(33)34)20(29-38-25)13-14-37-27(32)24(35-3)17-9-6-5-7-10-17/h5-12,15,22,24,28H,4,13-14H2,1-3H3/t22?,24-/m1/s1. The van der Waals surface area contributed by atoms with Crippen molar-refractivity contribution in [3.05, 3.63) is 98.4 Å². The quantitative estimate of drug-likeness (QED) is 0.218. The first-order chi connectivity index (χ1) is 18.3. The summed E-state index contributed by atoms with van der Waals surface area (Å²) in [6, 6.07) is 15.2. The molecule has 3 aromatic rings. The number of aromatic nitrogens is 1. The number of hydrogen-bond donors (Lipinski definition) is 1. The predicted octanol–water partition coefficient (Wildman–Crippen LogP) is 4.92. The third kappa shape index (κ3) is 5.58. The highest BCUT2D eigenvalue weighted by Crippen LogP contribution is 2.46. The summed E-state index contributed by atoms with van der Waals surface area (Å²) in [5.74, 6) is -1.70. The average molecular weight is 538 g/mol. The maximum atomic E-state index is 13.0. The van der Waals surface area contributed by atoms with Gasteiger partial charge in [-0.15, -0.1) is 0 Å². The zero-order chi connectivity index (χ0) is 27.2. The summed E-state index contributed by atoms with van der Waals surface area (Å²) >= 11 is 1.21. The Morgan fingerprint density at radius 3 is 2.61 bits per heavy atom. The number of anilines is 1. The molecule has 0 spiro atoms. The van der Waals surface area contributed by atoms with Crippen LogP contribution in [-0.2, 0) is 30.2 Å². The first-order valence-electron chi connectivity index (χ1n) is 12.0. The van der Waals surface area contributed by atoms with E-state index >= 15 is 0 Å². The first-order valence-corrected chi connectivity index (χ1v) is 12.7. The number of non-ortho nitro benzene ring substituents is 1.